The van der Waals surface area contributed by atoms with Gasteiger partial charge in [0.15, 0.2) is 0 Å². The van der Waals surface area contributed by atoms with E-state index in [9.17, 15) is 0 Å². The van der Waals surface area contributed by atoms with Crippen molar-refractivity contribution in [2.24, 2.45) is 7.05 Å². The Bertz CT molecular complexity index is 459. The molecule has 0 aliphatic heterocycles. The van der Waals surface area contributed by atoms with Gasteiger partial charge < -0.3 is 15.0 Å². The number of aryl methyl sites for hydroxylation is 1. The Morgan fingerprint density at radius 3 is 2.53 bits per heavy atom. The summed E-state index contributed by atoms with van der Waals surface area (Å²) in [6, 6.07) is 9.49. The summed E-state index contributed by atoms with van der Waals surface area (Å²) < 4.78 is 2.05. The molecule has 2 N–H and O–H groups in total. The second-order valence-electron chi connectivity index (χ2n) is 4.28. The van der Waals surface area contributed by atoms with Gasteiger partial charge in [-0.25, -0.2) is 0 Å². The van der Waals surface area contributed by atoms with Crippen molar-refractivity contribution in [2.75, 3.05) is 6.54 Å². The quantitative estimate of drug-likeness (QED) is 0.771. The minimum Gasteiger partial charge on any atom is -0.508 e. The fourth-order valence-electron chi connectivity index (χ4n) is 1.79. The molecule has 0 unspecified atom stereocenters. The van der Waals surface area contributed by atoms with Crippen LogP contribution in [0, 0.1) is 0 Å². The Hall–Kier alpha value is -1.74. The number of aromatic nitrogens is 1. The number of hydrogen-bond acceptors (Lipinski definition) is 2. The second-order valence-corrected chi connectivity index (χ2v) is 4.28. The maximum atomic E-state index is 9.16. The first-order valence-corrected chi connectivity index (χ1v) is 5.83. The zero-order chi connectivity index (χ0) is 12.1. The lowest BCUT2D eigenvalue weighted by Crippen LogP contribution is -2.16. The molecule has 3 nitrogen and oxygen atoms in total. The van der Waals surface area contributed by atoms with Gasteiger partial charge in [-0.15, -0.1) is 0 Å². The van der Waals surface area contributed by atoms with E-state index < -0.39 is 0 Å². The highest BCUT2D eigenvalue weighted by atomic mass is 16.3. The van der Waals surface area contributed by atoms with Crippen LogP contribution in [0.25, 0.3) is 0 Å². The summed E-state index contributed by atoms with van der Waals surface area (Å²) in [5, 5.41) is 12.6. The van der Waals surface area contributed by atoms with Crippen molar-refractivity contribution >= 4 is 0 Å². The van der Waals surface area contributed by atoms with Crippen molar-refractivity contribution in [2.45, 2.75) is 13.0 Å². The lowest BCUT2D eigenvalue weighted by atomic mass is 10.1. The highest BCUT2D eigenvalue weighted by Gasteiger charge is 1.96. The summed E-state index contributed by atoms with van der Waals surface area (Å²) in [5.74, 6) is 0.325. The molecule has 90 valence electrons. The third kappa shape index (κ3) is 3.64. The third-order valence-electron chi connectivity index (χ3n) is 2.75. The van der Waals surface area contributed by atoms with Crippen LogP contribution in [0.15, 0.2) is 42.7 Å². The van der Waals surface area contributed by atoms with E-state index in [2.05, 4.69) is 28.3 Å². The van der Waals surface area contributed by atoms with Gasteiger partial charge in [0.25, 0.3) is 0 Å². The van der Waals surface area contributed by atoms with Gasteiger partial charge >= 0.3 is 0 Å². The maximum absolute atomic E-state index is 9.16. The molecular formula is C14H18N2O. The van der Waals surface area contributed by atoms with E-state index >= 15 is 0 Å². The van der Waals surface area contributed by atoms with Crippen LogP contribution < -0.4 is 5.32 Å². The van der Waals surface area contributed by atoms with Crippen LogP contribution in [0.3, 0.4) is 0 Å². The fraction of sp³-hybridized carbons (Fsp3) is 0.286. The number of hydrogen-bond donors (Lipinski definition) is 2. The predicted molar refractivity (Wildman–Crippen MR) is 68.9 cm³/mol. The van der Waals surface area contributed by atoms with Crippen LogP contribution >= 0.6 is 0 Å². The lowest BCUT2D eigenvalue weighted by Gasteiger charge is -2.04. The maximum Gasteiger partial charge on any atom is 0.115 e. The smallest absolute Gasteiger partial charge is 0.115 e. The molecule has 2 aromatic rings. The molecule has 1 aromatic heterocycles. The largest absolute Gasteiger partial charge is 0.508 e. The SMILES string of the molecule is Cn1ccc(CNCCc2ccc(O)cc2)c1. The molecular weight excluding hydrogens is 212 g/mol. The molecule has 0 aliphatic rings. The first-order chi connectivity index (χ1) is 8.24. The van der Waals surface area contributed by atoms with E-state index in [1.807, 2.05) is 19.2 Å². The van der Waals surface area contributed by atoms with Gasteiger partial charge in [-0.3, -0.25) is 0 Å². The van der Waals surface area contributed by atoms with E-state index in [1.165, 1.54) is 11.1 Å². The number of benzene rings is 1. The van der Waals surface area contributed by atoms with Crippen molar-refractivity contribution in [3.8, 4) is 5.75 Å². The molecule has 0 saturated heterocycles. The zero-order valence-corrected chi connectivity index (χ0v) is 10.1. The van der Waals surface area contributed by atoms with Crippen molar-refractivity contribution in [3.63, 3.8) is 0 Å². The van der Waals surface area contributed by atoms with Crippen molar-refractivity contribution in [1.82, 2.24) is 9.88 Å². The summed E-state index contributed by atoms with van der Waals surface area (Å²) in [5.41, 5.74) is 2.54. The van der Waals surface area contributed by atoms with E-state index in [0.29, 0.717) is 5.75 Å². The van der Waals surface area contributed by atoms with Crippen LogP contribution in [0.2, 0.25) is 0 Å². The molecule has 0 amide bonds. The van der Waals surface area contributed by atoms with Crippen LogP contribution in [-0.4, -0.2) is 16.2 Å². The Morgan fingerprint density at radius 2 is 1.88 bits per heavy atom. The topological polar surface area (TPSA) is 37.2 Å². The molecule has 0 atom stereocenters. The van der Waals surface area contributed by atoms with Gasteiger partial charge in [0.05, 0.1) is 0 Å². The molecule has 0 fully saturated rings. The number of phenols is 1. The second kappa shape index (κ2) is 5.55. The third-order valence-corrected chi connectivity index (χ3v) is 2.75. The molecule has 3 heteroatoms. The van der Waals surface area contributed by atoms with E-state index in [1.54, 1.807) is 12.1 Å². The average molecular weight is 230 g/mol. The van der Waals surface area contributed by atoms with E-state index in [0.717, 1.165) is 19.5 Å². The van der Waals surface area contributed by atoms with Gasteiger partial charge in [0.2, 0.25) is 0 Å². The van der Waals surface area contributed by atoms with Crippen molar-refractivity contribution < 1.29 is 5.11 Å². The van der Waals surface area contributed by atoms with Gasteiger partial charge in [-0.05, 0) is 42.3 Å². The van der Waals surface area contributed by atoms with Crippen molar-refractivity contribution in [3.05, 3.63) is 53.9 Å². The predicted octanol–water partition coefficient (Wildman–Crippen LogP) is 2.06. The Labute approximate surface area is 102 Å². The summed E-state index contributed by atoms with van der Waals surface area (Å²) in [6.07, 6.45) is 5.15. The molecule has 17 heavy (non-hydrogen) atoms. The minimum atomic E-state index is 0.325. The van der Waals surface area contributed by atoms with Gasteiger partial charge in [0.1, 0.15) is 5.75 Å². The molecule has 0 spiro atoms. The molecule has 0 saturated carbocycles. The summed E-state index contributed by atoms with van der Waals surface area (Å²) >= 11 is 0. The highest BCUT2D eigenvalue weighted by Crippen LogP contribution is 2.09. The molecule has 1 aromatic carbocycles. The highest BCUT2D eigenvalue weighted by molar-refractivity contribution is 5.26. The van der Waals surface area contributed by atoms with Crippen LogP contribution in [0.5, 0.6) is 5.75 Å². The van der Waals surface area contributed by atoms with Crippen molar-refractivity contribution in [1.29, 1.82) is 0 Å². The number of nitrogens with one attached hydrogen (secondary N) is 1. The Balaban J connectivity index is 1.71. The summed E-state index contributed by atoms with van der Waals surface area (Å²) in [6.45, 7) is 1.85. The number of nitrogens with zero attached hydrogens (tertiary/aromatic N) is 1. The normalized spacial score (nSPS) is 10.6. The average Bonchev–Trinajstić information content (AvgIpc) is 2.73. The minimum absolute atomic E-state index is 0.325. The first-order valence-electron chi connectivity index (χ1n) is 5.83. The monoisotopic (exact) mass is 230 g/mol. The Morgan fingerprint density at radius 1 is 1.12 bits per heavy atom. The van der Waals surface area contributed by atoms with Crippen LogP contribution in [0.1, 0.15) is 11.1 Å². The van der Waals surface area contributed by atoms with Gasteiger partial charge in [-0.2, -0.15) is 0 Å². The van der Waals surface area contributed by atoms with E-state index in [-0.39, 0.29) is 0 Å². The van der Waals surface area contributed by atoms with Crippen LogP contribution in [0.4, 0.5) is 0 Å². The summed E-state index contributed by atoms with van der Waals surface area (Å²) in [4.78, 5) is 0. The molecule has 2 rings (SSSR count). The molecule has 0 aliphatic carbocycles. The number of rotatable bonds is 5. The Kier molecular flexibility index (Phi) is 3.83. The fourth-order valence-corrected chi connectivity index (χ4v) is 1.79. The van der Waals surface area contributed by atoms with Gasteiger partial charge in [0, 0.05) is 26.0 Å². The first kappa shape index (κ1) is 11.7. The lowest BCUT2D eigenvalue weighted by molar-refractivity contribution is 0.475. The summed E-state index contributed by atoms with van der Waals surface area (Å²) in [7, 11) is 2.03. The van der Waals surface area contributed by atoms with Gasteiger partial charge in [-0.1, -0.05) is 12.1 Å². The van der Waals surface area contributed by atoms with E-state index in [4.69, 9.17) is 5.11 Å². The molecule has 1 heterocycles. The standard InChI is InChI=1S/C14H18N2O/c1-16-9-7-13(11-16)10-15-8-6-12-2-4-14(17)5-3-12/h2-5,7,9,11,15,17H,6,8,10H2,1H3. The molecule has 0 bridgehead atoms. The zero-order valence-electron chi connectivity index (χ0n) is 10.1. The number of aromatic hydroxyl groups is 1. The van der Waals surface area contributed by atoms with Crippen LogP contribution in [-0.2, 0) is 20.0 Å². The number of phenolic OH excluding ortho intramolecular Hbond substituents is 1. The molecule has 0 radical (unpaired) electrons.